The molecule has 0 atom stereocenters. The molecule has 0 radical (unpaired) electrons. The van der Waals surface area contributed by atoms with E-state index in [0.29, 0.717) is 18.3 Å². The van der Waals surface area contributed by atoms with Gasteiger partial charge in [0, 0.05) is 12.0 Å². The van der Waals surface area contributed by atoms with Gasteiger partial charge in [-0.05, 0) is 22.3 Å². The summed E-state index contributed by atoms with van der Waals surface area (Å²) in [5.41, 5.74) is 4.11. The Bertz CT molecular complexity index is 991. The lowest BCUT2D eigenvalue weighted by molar-refractivity contribution is -0.131. The fourth-order valence-corrected chi connectivity index (χ4v) is 3.12. The molecule has 7 nitrogen and oxygen atoms in total. The highest BCUT2D eigenvalue weighted by atomic mass is 16.2. The predicted molar refractivity (Wildman–Crippen MR) is 107 cm³/mol. The van der Waals surface area contributed by atoms with Crippen molar-refractivity contribution in [3.05, 3.63) is 65.7 Å². The molecule has 7 heteroatoms. The number of hydrazone groups is 1. The van der Waals surface area contributed by atoms with Crippen molar-refractivity contribution in [2.45, 2.75) is 32.7 Å². The molecule has 1 amide bonds. The summed E-state index contributed by atoms with van der Waals surface area (Å²) in [5.74, 6) is 0.833. The van der Waals surface area contributed by atoms with Crippen LogP contribution in [0.25, 0.3) is 11.4 Å². The van der Waals surface area contributed by atoms with Crippen molar-refractivity contribution in [1.82, 2.24) is 25.2 Å². The Morgan fingerprint density at radius 3 is 2.50 bits per heavy atom. The van der Waals surface area contributed by atoms with Crippen molar-refractivity contribution in [2.75, 3.05) is 6.54 Å². The van der Waals surface area contributed by atoms with Crippen LogP contribution in [0.4, 0.5) is 0 Å². The lowest BCUT2D eigenvalue weighted by Gasteiger charge is -2.10. The Labute approximate surface area is 163 Å². The van der Waals surface area contributed by atoms with Gasteiger partial charge in [-0.1, -0.05) is 68.4 Å². The van der Waals surface area contributed by atoms with Gasteiger partial charge in [0.2, 0.25) is 5.82 Å². The Kier molecular flexibility index (Phi) is 4.97. The summed E-state index contributed by atoms with van der Waals surface area (Å²) in [5, 5.41) is 18.4. The zero-order valence-corrected chi connectivity index (χ0v) is 16.0. The number of rotatable bonds is 5. The smallest absolute Gasteiger partial charge is 0.266 e. The Hall–Kier alpha value is -3.35. The van der Waals surface area contributed by atoms with E-state index in [1.165, 1.54) is 15.4 Å². The molecule has 2 heterocycles. The minimum Gasteiger partial charge on any atom is -0.271 e. The monoisotopic (exact) mass is 374 g/mol. The lowest BCUT2D eigenvalue weighted by atomic mass is 10.0. The number of amides is 1. The molecule has 4 rings (SSSR count). The molecule has 0 fully saturated rings. The quantitative estimate of drug-likeness (QED) is 0.688. The molecule has 3 aromatic rings. The van der Waals surface area contributed by atoms with E-state index in [9.17, 15) is 4.79 Å². The topological polar surface area (TPSA) is 76.3 Å². The molecule has 0 saturated carbocycles. The van der Waals surface area contributed by atoms with Crippen LogP contribution >= 0.6 is 0 Å². The van der Waals surface area contributed by atoms with Crippen LogP contribution in [-0.4, -0.2) is 43.4 Å². The second kappa shape index (κ2) is 7.72. The zero-order valence-electron chi connectivity index (χ0n) is 16.0. The number of hydrogen-bond donors (Lipinski definition) is 0. The van der Waals surface area contributed by atoms with Gasteiger partial charge in [-0.2, -0.15) is 9.90 Å². The Balaban J connectivity index is 1.43. The second-order valence-corrected chi connectivity index (χ2v) is 7.10. The van der Waals surface area contributed by atoms with Crippen molar-refractivity contribution >= 4 is 11.6 Å². The Morgan fingerprint density at radius 2 is 1.79 bits per heavy atom. The van der Waals surface area contributed by atoms with E-state index in [1.54, 1.807) is 0 Å². The highest BCUT2D eigenvalue weighted by Crippen LogP contribution is 2.19. The highest BCUT2D eigenvalue weighted by molar-refractivity contribution is 6.02. The van der Waals surface area contributed by atoms with E-state index in [1.807, 2.05) is 42.5 Å². The van der Waals surface area contributed by atoms with E-state index in [-0.39, 0.29) is 12.5 Å². The summed E-state index contributed by atoms with van der Waals surface area (Å²) in [6.07, 6.45) is 0.744. The summed E-state index contributed by atoms with van der Waals surface area (Å²) in [7, 11) is 0. The fourth-order valence-electron chi connectivity index (χ4n) is 3.12. The summed E-state index contributed by atoms with van der Waals surface area (Å²) in [6, 6.07) is 18.0. The average molecular weight is 374 g/mol. The first-order chi connectivity index (χ1) is 13.6. The van der Waals surface area contributed by atoms with E-state index >= 15 is 0 Å². The van der Waals surface area contributed by atoms with E-state index in [4.69, 9.17) is 0 Å². The van der Waals surface area contributed by atoms with Gasteiger partial charge in [-0.15, -0.1) is 10.2 Å². The first-order valence-corrected chi connectivity index (χ1v) is 9.41. The number of benzene rings is 2. The van der Waals surface area contributed by atoms with Gasteiger partial charge in [-0.25, -0.2) is 5.01 Å². The molecule has 0 saturated heterocycles. The maximum absolute atomic E-state index is 12.5. The molecule has 0 unspecified atom stereocenters. The molecular weight excluding hydrogens is 352 g/mol. The number of hydrogen-bond acceptors (Lipinski definition) is 5. The maximum atomic E-state index is 12.5. The largest absolute Gasteiger partial charge is 0.271 e. The van der Waals surface area contributed by atoms with Gasteiger partial charge in [-0.3, -0.25) is 4.79 Å². The van der Waals surface area contributed by atoms with Crippen molar-refractivity contribution in [1.29, 1.82) is 0 Å². The standard InChI is InChI=1S/C21H22N6O/c1-15(2)16-8-10-18(11-9-16)21-22-25-27(24-21)14-20(28)26-13-12-19(23-26)17-6-4-3-5-7-17/h3-11,15H,12-14H2,1-2H3. The van der Waals surface area contributed by atoms with Crippen LogP contribution in [0.3, 0.4) is 0 Å². The molecule has 28 heavy (non-hydrogen) atoms. The summed E-state index contributed by atoms with van der Waals surface area (Å²) in [6.45, 7) is 4.89. The summed E-state index contributed by atoms with van der Waals surface area (Å²) >= 11 is 0. The third-order valence-electron chi connectivity index (χ3n) is 4.76. The number of carbonyl (C=O) groups is 1. The van der Waals surface area contributed by atoms with Gasteiger partial charge >= 0.3 is 0 Å². The molecule has 142 valence electrons. The van der Waals surface area contributed by atoms with Gasteiger partial charge in [0.25, 0.3) is 5.91 Å². The van der Waals surface area contributed by atoms with Crippen LogP contribution in [-0.2, 0) is 11.3 Å². The van der Waals surface area contributed by atoms with E-state index in [2.05, 4.69) is 46.5 Å². The van der Waals surface area contributed by atoms with Crippen molar-refractivity contribution in [2.24, 2.45) is 5.10 Å². The van der Waals surface area contributed by atoms with Gasteiger partial charge in [0.15, 0.2) is 0 Å². The molecular formula is C21H22N6O. The second-order valence-electron chi connectivity index (χ2n) is 7.10. The summed E-state index contributed by atoms with van der Waals surface area (Å²) < 4.78 is 0. The number of nitrogens with zero attached hydrogens (tertiary/aromatic N) is 6. The van der Waals surface area contributed by atoms with Crippen LogP contribution in [0.1, 0.15) is 37.3 Å². The Morgan fingerprint density at radius 1 is 1.04 bits per heavy atom. The maximum Gasteiger partial charge on any atom is 0.266 e. The van der Waals surface area contributed by atoms with Crippen molar-refractivity contribution in [3.8, 4) is 11.4 Å². The average Bonchev–Trinajstić information content (AvgIpc) is 3.39. The number of aromatic nitrogens is 4. The first kappa shape index (κ1) is 18.0. The highest BCUT2D eigenvalue weighted by Gasteiger charge is 2.22. The number of tetrazole rings is 1. The molecule has 0 bridgehead atoms. The van der Waals surface area contributed by atoms with Gasteiger partial charge in [0.05, 0.1) is 12.3 Å². The molecule has 0 aliphatic carbocycles. The first-order valence-electron chi connectivity index (χ1n) is 9.41. The summed E-state index contributed by atoms with van der Waals surface area (Å²) in [4.78, 5) is 13.9. The lowest BCUT2D eigenvalue weighted by Crippen LogP contribution is -2.28. The third kappa shape index (κ3) is 3.83. The van der Waals surface area contributed by atoms with Crippen LogP contribution in [0, 0.1) is 0 Å². The predicted octanol–water partition coefficient (Wildman–Crippen LogP) is 3.10. The van der Waals surface area contributed by atoms with Crippen molar-refractivity contribution < 1.29 is 4.79 Å². The molecule has 0 N–H and O–H groups in total. The normalized spacial score (nSPS) is 13.8. The van der Waals surface area contributed by atoms with Crippen LogP contribution in [0.5, 0.6) is 0 Å². The van der Waals surface area contributed by atoms with Crippen LogP contribution in [0.2, 0.25) is 0 Å². The van der Waals surface area contributed by atoms with E-state index < -0.39 is 0 Å². The van der Waals surface area contributed by atoms with E-state index in [0.717, 1.165) is 23.3 Å². The molecule has 1 aromatic heterocycles. The molecule has 1 aliphatic rings. The zero-order chi connectivity index (χ0) is 19.5. The van der Waals surface area contributed by atoms with Crippen molar-refractivity contribution in [3.63, 3.8) is 0 Å². The fraction of sp³-hybridized carbons (Fsp3) is 0.286. The number of carbonyl (C=O) groups excluding carboxylic acids is 1. The van der Waals surface area contributed by atoms with Crippen LogP contribution in [0.15, 0.2) is 59.7 Å². The minimum absolute atomic E-state index is 0.0165. The molecule has 0 spiro atoms. The third-order valence-corrected chi connectivity index (χ3v) is 4.76. The molecule has 1 aliphatic heterocycles. The van der Waals surface area contributed by atoms with Gasteiger partial charge in [0.1, 0.15) is 6.54 Å². The van der Waals surface area contributed by atoms with Gasteiger partial charge < -0.3 is 0 Å². The minimum atomic E-state index is -0.148. The molecule has 2 aromatic carbocycles. The SMILES string of the molecule is CC(C)c1ccc(-c2nnn(CC(=O)N3CCC(c4ccccc4)=N3)n2)cc1. The van der Waals surface area contributed by atoms with Crippen LogP contribution < -0.4 is 0 Å².